The number of aryl methyl sites for hydroxylation is 1. The number of carboxylic acid groups (broad SMARTS) is 1. The first-order valence-corrected chi connectivity index (χ1v) is 4.48. The average molecular weight is 217 g/mol. The van der Waals surface area contributed by atoms with Crippen molar-refractivity contribution >= 4 is 18.4 Å². The van der Waals surface area contributed by atoms with Crippen LogP contribution in [-0.2, 0) is 0 Å². The van der Waals surface area contributed by atoms with Crippen molar-refractivity contribution in [2.45, 2.75) is 32.2 Å². The van der Waals surface area contributed by atoms with E-state index in [0.717, 1.165) is 18.5 Å². The Morgan fingerprint density at radius 3 is 2.71 bits per heavy atom. The van der Waals surface area contributed by atoms with Gasteiger partial charge in [-0.3, -0.25) is 4.68 Å². The average Bonchev–Trinajstić information content (AvgIpc) is 2.27. The summed E-state index contributed by atoms with van der Waals surface area (Å²) in [6.07, 6.45) is 3.30. The monoisotopic (exact) mass is 216 g/mol. The normalized spacial score (nSPS) is 15.8. The van der Waals surface area contributed by atoms with E-state index in [1.807, 2.05) is 6.92 Å². The minimum absolute atomic E-state index is 0. The van der Waals surface area contributed by atoms with Crippen molar-refractivity contribution in [1.29, 1.82) is 0 Å². The largest absolute Gasteiger partial charge is 0.477 e. The Morgan fingerprint density at radius 2 is 2.29 bits per heavy atom. The van der Waals surface area contributed by atoms with E-state index >= 15 is 0 Å². The van der Waals surface area contributed by atoms with Crippen molar-refractivity contribution in [2.75, 3.05) is 0 Å². The molecule has 4 nitrogen and oxygen atoms in total. The van der Waals surface area contributed by atoms with Gasteiger partial charge in [0.05, 0.1) is 11.7 Å². The van der Waals surface area contributed by atoms with E-state index in [-0.39, 0.29) is 12.4 Å². The second kappa shape index (κ2) is 4.00. The lowest BCUT2D eigenvalue weighted by molar-refractivity contribution is 0.0675. The number of nitrogens with zero attached hydrogens (tertiary/aromatic N) is 2. The van der Waals surface area contributed by atoms with Gasteiger partial charge in [0.15, 0.2) is 0 Å². The number of carbonyl (C=O) groups is 1. The van der Waals surface area contributed by atoms with Gasteiger partial charge in [-0.2, -0.15) is 5.10 Å². The molecule has 5 heteroatoms. The fraction of sp³-hybridized carbons (Fsp3) is 0.556. The van der Waals surface area contributed by atoms with Crippen LogP contribution in [0.5, 0.6) is 0 Å². The Kier molecular flexibility index (Phi) is 3.16. The minimum atomic E-state index is -0.882. The van der Waals surface area contributed by atoms with Gasteiger partial charge in [-0.15, -0.1) is 12.4 Å². The molecule has 0 aromatic carbocycles. The van der Waals surface area contributed by atoms with Crippen LogP contribution in [0.25, 0.3) is 0 Å². The van der Waals surface area contributed by atoms with Crippen LogP contribution in [0.3, 0.4) is 0 Å². The van der Waals surface area contributed by atoms with Crippen molar-refractivity contribution in [1.82, 2.24) is 9.78 Å². The van der Waals surface area contributed by atoms with Gasteiger partial charge in [0.2, 0.25) is 0 Å². The molecule has 14 heavy (non-hydrogen) atoms. The van der Waals surface area contributed by atoms with Crippen molar-refractivity contribution in [3.8, 4) is 0 Å². The number of carboxylic acids is 1. The molecule has 1 aromatic rings. The zero-order valence-corrected chi connectivity index (χ0v) is 8.75. The molecule has 0 unspecified atom stereocenters. The summed E-state index contributed by atoms with van der Waals surface area (Å²) in [5.74, 6) is -0.882. The van der Waals surface area contributed by atoms with Gasteiger partial charge in [0.1, 0.15) is 5.69 Å². The molecular formula is C9H13ClN2O2. The molecule has 0 saturated heterocycles. The summed E-state index contributed by atoms with van der Waals surface area (Å²) in [6.45, 7) is 1.82. The van der Waals surface area contributed by atoms with E-state index in [0.29, 0.717) is 11.7 Å². The lowest BCUT2D eigenvalue weighted by atomic mass is 9.93. The van der Waals surface area contributed by atoms with Crippen LogP contribution in [-0.4, -0.2) is 20.9 Å². The highest BCUT2D eigenvalue weighted by Crippen LogP contribution is 2.32. The molecule has 0 bridgehead atoms. The number of aromatic carboxylic acids is 1. The van der Waals surface area contributed by atoms with Gasteiger partial charge in [0, 0.05) is 0 Å². The topological polar surface area (TPSA) is 55.1 Å². The number of aromatic nitrogens is 2. The number of hydrogen-bond donors (Lipinski definition) is 1. The van der Waals surface area contributed by atoms with Crippen LogP contribution in [0.1, 0.15) is 41.5 Å². The predicted octanol–water partition coefficient (Wildman–Crippen LogP) is 2.04. The van der Waals surface area contributed by atoms with Crippen LogP contribution in [0.4, 0.5) is 0 Å². The third-order valence-electron chi connectivity index (χ3n) is 2.50. The maximum atomic E-state index is 10.8. The van der Waals surface area contributed by atoms with E-state index < -0.39 is 5.97 Å². The standard InChI is InChI=1S/C9H12N2O2.ClH/c1-6-5-8(9(12)13)11(10-6)7-3-2-4-7;/h5,7H,2-4H2,1H3,(H,12,13);1H. The van der Waals surface area contributed by atoms with E-state index in [4.69, 9.17) is 5.11 Å². The third-order valence-corrected chi connectivity index (χ3v) is 2.50. The molecular weight excluding hydrogens is 204 g/mol. The fourth-order valence-corrected chi connectivity index (χ4v) is 1.59. The molecule has 1 fully saturated rings. The molecule has 1 saturated carbocycles. The van der Waals surface area contributed by atoms with E-state index in [1.165, 1.54) is 6.42 Å². The Balaban J connectivity index is 0.000000980. The summed E-state index contributed by atoms with van der Waals surface area (Å²) in [5, 5.41) is 13.1. The lowest BCUT2D eigenvalue weighted by Crippen LogP contribution is -2.22. The minimum Gasteiger partial charge on any atom is -0.477 e. The Labute approximate surface area is 88.3 Å². The van der Waals surface area contributed by atoms with Crippen molar-refractivity contribution < 1.29 is 9.90 Å². The lowest BCUT2D eigenvalue weighted by Gasteiger charge is -2.26. The smallest absolute Gasteiger partial charge is 0.354 e. The molecule has 2 rings (SSSR count). The van der Waals surface area contributed by atoms with Crippen LogP contribution in [0, 0.1) is 6.92 Å². The summed E-state index contributed by atoms with van der Waals surface area (Å²) in [7, 11) is 0. The molecule has 0 aliphatic heterocycles. The molecule has 78 valence electrons. The number of hydrogen-bond acceptors (Lipinski definition) is 2. The maximum Gasteiger partial charge on any atom is 0.354 e. The molecule has 0 atom stereocenters. The maximum absolute atomic E-state index is 10.8. The van der Waals surface area contributed by atoms with Gasteiger partial charge in [-0.25, -0.2) is 4.79 Å². The number of rotatable bonds is 2. The second-order valence-electron chi connectivity index (χ2n) is 3.51. The Bertz CT molecular complexity index is 345. The van der Waals surface area contributed by atoms with E-state index in [2.05, 4.69) is 5.10 Å². The highest BCUT2D eigenvalue weighted by Gasteiger charge is 2.25. The first-order chi connectivity index (χ1) is 6.18. The summed E-state index contributed by atoms with van der Waals surface area (Å²) in [4.78, 5) is 10.8. The molecule has 0 radical (unpaired) electrons. The fourth-order valence-electron chi connectivity index (χ4n) is 1.59. The van der Waals surface area contributed by atoms with E-state index in [9.17, 15) is 4.79 Å². The van der Waals surface area contributed by atoms with Crippen molar-refractivity contribution in [2.24, 2.45) is 0 Å². The van der Waals surface area contributed by atoms with Crippen LogP contribution < -0.4 is 0 Å². The summed E-state index contributed by atoms with van der Waals surface area (Å²) in [6, 6.07) is 1.94. The zero-order chi connectivity index (χ0) is 9.42. The third kappa shape index (κ3) is 1.75. The molecule has 0 spiro atoms. The highest BCUT2D eigenvalue weighted by atomic mass is 35.5. The van der Waals surface area contributed by atoms with E-state index in [1.54, 1.807) is 10.7 Å². The first kappa shape index (κ1) is 11.0. The quantitative estimate of drug-likeness (QED) is 0.823. The van der Waals surface area contributed by atoms with Gasteiger partial charge in [-0.1, -0.05) is 0 Å². The first-order valence-electron chi connectivity index (χ1n) is 4.48. The second-order valence-corrected chi connectivity index (χ2v) is 3.51. The molecule has 1 heterocycles. The Hall–Kier alpha value is -1.03. The SMILES string of the molecule is Cc1cc(C(=O)O)n(C2CCC2)n1.Cl. The van der Waals surface area contributed by atoms with Gasteiger partial charge >= 0.3 is 5.97 Å². The highest BCUT2D eigenvalue weighted by molar-refractivity contribution is 5.86. The number of halogens is 1. The summed E-state index contributed by atoms with van der Waals surface area (Å²) >= 11 is 0. The molecule has 1 aliphatic carbocycles. The molecule has 1 aliphatic rings. The van der Waals surface area contributed by atoms with Gasteiger partial charge < -0.3 is 5.11 Å². The summed E-state index contributed by atoms with van der Waals surface area (Å²) in [5.41, 5.74) is 1.10. The van der Waals surface area contributed by atoms with Gasteiger partial charge in [0.25, 0.3) is 0 Å². The zero-order valence-electron chi connectivity index (χ0n) is 7.93. The molecule has 0 amide bonds. The Morgan fingerprint density at radius 1 is 1.64 bits per heavy atom. The van der Waals surface area contributed by atoms with Gasteiger partial charge in [-0.05, 0) is 32.3 Å². The van der Waals surface area contributed by atoms with Crippen LogP contribution in [0.2, 0.25) is 0 Å². The summed E-state index contributed by atoms with van der Waals surface area (Å²) < 4.78 is 1.65. The molecule has 1 aromatic heterocycles. The molecule has 1 N–H and O–H groups in total. The van der Waals surface area contributed by atoms with Crippen LogP contribution >= 0.6 is 12.4 Å². The van der Waals surface area contributed by atoms with Crippen molar-refractivity contribution in [3.05, 3.63) is 17.5 Å². The van der Waals surface area contributed by atoms with Crippen LogP contribution in [0.15, 0.2) is 6.07 Å². The van der Waals surface area contributed by atoms with Crippen molar-refractivity contribution in [3.63, 3.8) is 0 Å². The predicted molar refractivity (Wildman–Crippen MR) is 54.1 cm³/mol.